The minimum absolute atomic E-state index is 0.439. The number of aliphatic imine (C=N–C) groups is 1. The summed E-state index contributed by atoms with van der Waals surface area (Å²) < 4.78 is 0. The zero-order valence-electron chi connectivity index (χ0n) is 12.0. The standard InChI is InChI=1S/C17H17N5/c18-16-7-8-20-17(19,22-16)10-11-5-6-15-13(9-11)12-3-1-2-4-14(12)21-15/h1-9,20-21H,10,19H2,(H2,18,22). The molecule has 0 saturated carbocycles. The number of aromatic nitrogens is 1. The van der Waals surface area contributed by atoms with Crippen LogP contribution in [-0.2, 0) is 6.42 Å². The Hall–Kier alpha value is -2.79. The molecular weight excluding hydrogens is 274 g/mol. The molecule has 22 heavy (non-hydrogen) atoms. The summed E-state index contributed by atoms with van der Waals surface area (Å²) in [4.78, 5) is 7.73. The van der Waals surface area contributed by atoms with E-state index in [1.165, 1.54) is 10.8 Å². The zero-order valence-corrected chi connectivity index (χ0v) is 12.0. The van der Waals surface area contributed by atoms with Crippen molar-refractivity contribution in [2.75, 3.05) is 0 Å². The Bertz CT molecular complexity index is 921. The van der Waals surface area contributed by atoms with Gasteiger partial charge >= 0.3 is 0 Å². The molecule has 2 heterocycles. The van der Waals surface area contributed by atoms with Gasteiger partial charge in [0.2, 0.25) is 0 Å². The first kappa shape index (κ1) is 12.9. The van der Waals surface area contributed by atoms with Crippen molar-refractivity contribution in [3.8, 4) is 0 Å². The Morgan fingerprint density at radius 1 is 1.05 bits per heavy atom. The fourth-order valence-corrected chi connectivity index (χ4v) is 2.98. The number of para-hydroxylation sites is 1. The highest BCUT2D eigenvalue weighted by Gasteiger charge is 2.25. The quantitative estimate of drug-likeness (QED) is 0.581. The van der Waals surface area contributed by atoms with Gasteiger partial charge in [0.05, 0.1) is 0 Å². The van der Waals surface area contributed by atoms with Gasteiger partial charge in [0, 0.05) is 34.4 Å². The molecule has 0 radical (unpaired) electrons. The van der Waals surface area contributed by atoms with Crippen molar-refractivity contribution in [2.24, 2.45) is 16.5 Å². The summed E-state index contributed by atoms with van der Waals surface area (Å²) in [6.45, 7) is 0. The van der Waals surface area contributed by atoms with Crippen LogP contribution in [0.2, 0.25) is 0 Å². The number of benzene rings is 2. The van der Waals surface area contributed by atoms with Crippen LogP contribution in [0.3, 0.4) is 0 Å². The molecule has 0 amide bonds. The third-order valence-electron chi connectivity index (χ3n) is 3.96. The average Bonchev–Trinajstić information content (AvgIpc) is 2.85. The molecule has 5 heteroatoms. The first-order valence-electron chi connectivity index (χ1n) is 7.21. The Labute approximate surface area is 127 Å². The fourth-order valence-electron chi connectivity index (χ4n) is 2.98. The van der Waals surface area contributed by atoms with Crippen LogP contribution >= 0.6 is 0 Å². The van der Waals surface area contributed by atoms with Crippen molar-refractivity contribution in [3.63, 3.8) is 0 Å². The lowest BCUT2D eigenvalue weighted by Crippen LogP contribution is -2.54. The van der Waals surface area contributed by atoms with E-state index in [0.717, 1.165) is 16.6 Å². The highest BCUT2D eigenvalue weighted by atomic mass is 15.3. The van der Waals surface area contributed by atoms with Crippen molar-refractivity contribution in [1.82, 2.24) is 10.3 Å². The van der Waals surface area contributed by atoms with E-state index in [4.69, 9.17) is 11.5 Å². The van der Waals surface area contributed by atoms with E-state index >= 15 is 0 Å². The molecule has 1 aliphatic rings. The van der Waals surface area contributed by atoms with E-state index in [9.17, 15) is 0 Å². The van der Waals surface area contributed by atoms with Crippen LogP contribution in [0.15, 0.2) is 59.7 Å². The van der Waals surface area contributed by atoms with E-state index in [0.29, 0.717) is 12.3 Å². The van der Waals surface area contributed by atoms with Crippen LogP contribution in [0.25, 0.3) is 21.8 Å². The summed E-state index contributed by atoms with van der Waals surface area (Å²) in [5, 5.41) is 5.48. The van der Waals surface area contributed by atoms with Gasteiger partial charge in [0.15, 0.2) is 5.79 Å². The molecule has 0 saturated heterocycles. The molecule has 2 aromatic carbocycles. The van der Waals surface area contributed by atoms with Gasteiger partial charge in [-0.1, -0.05) is 24.3 Å². The van der Waals surface area contributed by atoms with Crippen LogP contribution in [0.1, 0.15) is 5.56 Å². The average molecular weight is 291 g/mol. The number of hydrogen-bond donors (Lipinski definition) is 4. The molecule has 110 valence electrons. The predicted molar refractivity (Wildman–Crippen MR) is 90.3 cm³/mol. The lowest BCUT2D eigenvalue weighted by atomic mass is 10.0. The number of nitrogens with one attached hydrogen (secondary N) is 2. The second kappa shape index (κ2) is 4.61. The van der Waals surface area contributed by atoms with Gasteiger partial charge in [-0.05, 0) is 29.8 Å². The van der Waals surface area contributed by atoms with Gasteiger partial charge in [-0.2, -0.15) is 0 Å². The third-order valence-corrected chi connectivity index (χ3v) is 3.96. The van der Waals surface area contributed by atoms with Gasteiger partial charge in [-0.3, -0.25) is 5.73 Å². The molecule has 1 atom stereocenters. The number of fused-ring (bicyclic) bond motifs is 3. The summed E-state index contributed by atoms with van der Waals surface area (Å²) in [7, 11) is 0. The van der Waals surface area contributed by atoms with Crippen LogP contribution in [-0.4, -0.2) is 16.6 Å². The number of H-pyrrole nitrogens is 1. The van der Waals surface area contributed by atoms with Crippen molar-refractivity contribution in [2.45, 2.75) is 12.2 Å². The maximum atomic E-state index is 6.28. The van der Waals surface area contributed by atoms with Crippen LogP contribution < -0.4 is 16.8 Å². The first-order chi connectivity index (χ1) is 10.6. The number of amidine groups is 1. The summed E-state index contributed by atoms with van der Waals surface area (Å²) >= 11 is 0. The molecule has 5 nitrogen and oxygen atoms in total. The third kappa shape index (κ3) is 2.12. The Morgan fingerprint density at radius 2 is 1.86 bits per heavy atom. The van der Waals surface area contributed by atoms with Gasteiger partial charge < -0.3 is 16.0 Å². The maximum Gasteiger partial charge on any atom is 0.188 e. The van der Waals surface area contributed by atoms with Crippen molar-refractivity contribution >= 4 is 27.6 Å². The number of aromatic amines is 1. The Balaban J connectivity index is 1.76. The van der Waals surface area contributed by atoms with Crippen LogP contribution in [0.5, 0.6) is 0 Å². The van der Waals surface area contributed by atoms with Gasteiger partial charge in [-0.25, -0.2) is 4.99 Å². The number of hydrogen-bond acceptors (Lipinski definition) is 4. The summed E-state index contributed by atoms with van der Waals surface area (Å²) in [5.74, 6) is -0.451. The van der Waals surface area contributed by atoms with E-state index in [1.807, 2.05) is 12.1 Å². The van der Waals surface area contributed by atoms with E-state index < -0.39 is 5.79 Å². The molecule has 1 unspecified atom stereocenters. The van der Waals surface area contributed by atoms with E-state index in [2.05, 4.69) is 45.6 Å². The van der Waals surface area contributed by atoms with Crippen LogP contribution in [0, 0.1) is 0 Å². The molecule has 1 aliphatic heterocycles. The van der Waals surface area contributed by atoms with Crippen LogP contribution in [0.4, 0.5) is 0 Å². The second-order valence-electron chi connectivity index (χ2n) is 5.67. The molecule has 3 aromatic rings. The van der Waals surface area contributed by atoms with Crippen molar-refractivity contribution < 1.29 is 0 Å². The summed E-state index contributed by atoms with van der Waals surface area (Å²) in [6, 6.07) is 14.6. The molecule has 0 aliphatic carbocycles. The Kier molecular flexibility index (Phi) is 2.71. The molecule has 1 aromatic heterocycles. The predicted octanol–water partition coefficient (Wildman–Crippen LogP) is 1.95. The monoisotopic (exact) mass is 291 g/mol. The van der Waals surface area contributed by atoms with Gasteiger partial charge in [0.25, 0.3) is 0 Å². The normalized spacial score (nSPS) is 21.0. The molecular formula is C17H17N5. The number of nitrogens with zero attached hydrogens (tertiary/aromatic N) is 1. The fraction of sp³-hybridized carbons (Fsp3) is 0.118. The highest BCUT2D eigenvalue weighted by Crippen LogP contribution is 2.27. The number of nitrogens with two attached hydrogens (primary N) is 2. The second-order valence-corrected chi connectivity index (χ2v) is 5.67. The maximum absolute atomic E-state index is 6.28. The molecule has 6 N–H and O–H groups in total. The molecule has 0 fully saturated rings. The smallest absolute Gasteiger partial charge is 0.188 e. The van der Waals surface area contributed by atoms with Crippen molar-refractivity contribution in [3.05, 3.63) is 60.3 Å². The zero-order chi connectivity index (χ0) is 15.2. The summed E-state index contributed by atoms with van der Waals surface area (Å²) in [6.07, 6.45) is 4.01. The summed E-state index contributed by atoms with van der Waals surface area (Å²) in [5.41, 5.74) is 15.4. The lowest BCUT2D eigenvalue weighted by molar-refractivity contribution is 0.390. The molecule has 4 rings (SSSR count). The lowest BCUT2D eigenvalue weighted by Gasteiger charge is -2.28. The largest absolute Gasteiger partial charge is 0.384 e. The molecule has 0 spiro atoms. The van der Waals surface area contributed by atoms with E-state index in [-0.39, 0.29) is 0 Å². The van der Waals surface area contributed by atoms with E-state index in [1.54, 1.807) is 12.3 Å². The minimum Gasteiger partial charge on any atom is -0.384 e. The Morgan fingerprint density at radius 3 is 2.73 bits per heavy atom. The van der Waals surface area contributed by atoms with Crippen molar-refractivity contribution in [1.29, 1.82) is 0 Å². The minimum atomic E-state index is -0.890. The topological polar surface area (TPSA) is 92.2 Å². The first-order valence-corrected chi connectivity index (χ1v) is 7.21. The SMILES string of the molecule is NC1=NC(N)(Cc2ccc3[nH]c4ccccc4c3c2)NC=C1. The molecule has 0 bridgehead atoms. The van der Waals surface area contributed by atoms with Gasteiger partial charge in [-0.15, -0.1) is 0 Å². The van der Waals surface area contributed by atoms with Gasteiger partial charge in [0.1, 0.15) is 5.84 Å². The highest BCUT2D eigenvalue weighted by molar-refractivity contribution is 6.07. The number of rotatable bonds is 2.